The normalized spacial score (nSPS) is 15.9. The van der Waals surface area contributed by atoms with Crippen LogP contribution in [0.2, 0.25) is 0 Å². The number of nitrogens with two attached hydrogens (primary N) is 1. The van der Waals surface area contributed by atoms with Gasteiger partial charge in [-0.15, -0.1) is 0 Å². The van der Waals surface area contributed by atoms with Gasteiger partial charge in [0.2, 0.25) is 10.0 Å². The molecule has 0 fully saturated rings. The van der Waals surface area contributed by atoms with E-state index in [1.54, 1.807) is 37.6 Å². The molecule has 0 amide bonds. The molecular weight excluding hydrogens is 455 g/mol. The highest BCUT2D eigenvalue weighted by Gasteiger charge is 2.31. The summed E-state index contributed by atoms with van der Waals surface area (Å²) in [6, 6.07) is 2.57. The summed E-state index contributed by atoms with van der Waals surface area (Å²) in [6.45, 7) is 7.73. The summed E-state index contributed by atoms with van der Waals surface area (Å²) in [4.78, 5) is 8.51. The third-order valence-corrected chi connectivity index (χ3v) is 6.28. The molecule has 0 bridgehead atoms. The van der Waals surface area contributed by atoms with Crippen molar-refractivity contribution in [2.24, 2.45) is 10.7 Å². The van der Waals surface area contributed by atoms with Gasteiger partial charge in [0.15, 0.2) is 0 Å². The third kappa shape index (κ3) is 6.75. The summed E-state index contributed by atoms with van der Waals surface area (Å²) < 4.78 is 68.7. The lowest BCUT2D eigenvalue weighted by atomic mass is 10.1. The number of benzene rings is 1. The second-order valence-electron chi connectivity index (χ2n) is 6.62. The zero-order valence-corrected chi connectivity index (χ0v) is 20.5. The molecule has 2 aromatic rings. The number of rotatable bonds is 5. The standard InChI is InChI=1S/C19H21F3N4O2S.C2H6.CH5N/c1-4-26-17-11-13(19(20,21)22)5-10-16(17)24-18(26)12(2)25-29(27,28)15-8-6-14(23-3)7-9-15;2*1-2/h5-6,8-12,25H,4,7H2,1-3H3;1-2H3;2H2,1H3. The van der Waals surface area contributed by atoms with Crippen LogP contribution in [0.3, 0.4) is 0 Å². The first-order chi connectivity index (χ1) is 15.6. The highest BCUT2D eigenvalue weighted by molar-refractivity contribution is 7.93. The Bertz CT molecular complexity index is 1130. The molecule has 0 spiro atoms. The Morgan fingerprint density at radius 1 is 1.24 bits per heavy atom. The van der Waals surface area contributed by atoms with Gasteiger partial charge in [0, 0.05) is 25.7 Å². The number of allylic oxidation sites excluding steroid dienone is 3. The van der Waals surface area contributed by atoms with Crippen LogP contribution in [-0.4, -0.2) is 37.8 Å². The van der Waals surface area contributed by atoms with E-state index in [0.717, 1.165) is 17.8 Å². The lowest BCUT2D eigenvalue weighted by molar-refractivity contribution is -0.137. The summed E-state index contributed by atoms with van der Waals surface area (Å²) in [5.41, 5.74) is 5.18. The number of aliphatic imine (C=N–C) groups is 1. The van der Waals surface area contributed by atoms with Crippen molar-refractivity contribution in [3.63, 3.8) is 0 Å². The van der Waals surface area contributed by atoms with Crippen molar-refractivity contribution < 1.29 is 21.6 Å². The van der Waals surface area contributed by atoms with Gasteiger partial charge in [-0.3, -0.25) is 4.99 Å². The Morgan fingerprint density at radius 2 is 1.88 bits per heavy atom. The molecule has 3 rings (SSSR count). The van der Waals surface area contributed by atoms with Crippen molar-refractivity contribution in [2.75, 3.05) is 14.1 Å². The third-order valence-electron chi connectivity index (χ3n) is 4.69. The number of sulfonamides is 1. The number of alkyl halides is 3. The molecule has 1 unspecified atom stereocenters. The smallest absolute Gasteiger partial charge is 0.333 e. The van der Waals surface area contributed by atoms with E-state index in [9.17, 15) is 21.6 Å². The van der Waals surface area contributed by atoms with Crippen molar-refractivity contribution >= 4 is 26.8 Å². The molecule has 1 aromatic carbocycles. The fraction of sp³-hybridized carbons (Fsp3) is 0.455. The minimum atomic E-state index is -4.47. The fourth-order valence-electron chi connectivity index (χ4n) is 3.22. The van der Waals surface area contributed by atoms with Crippen molar-refractivity contribution in [3.05, 3.63) is 52.7 Å². The SMILES string of the molecule is CC.CCn1c(C(C)NS(=O)(=O)C2=CCC(=NC)C=C2)nc2ccc(C(F)(F)F)cc21.CN. The van der Waals surface area contributed by atoms with Gasteiger partial charge in [-0.2, -0.15) is 13.2 Å². The average molecular weight is 488 g/mol. The van der Waals surface area contributed by atoms with Crippen LogP contribution in [0.25, 0.3) is 11.0 Å². The maximum atomic E-state index is 13.1. The molecule has 0 radical (unpaired) electrons. The lowest BCUT2D eigenvalue weighted by Crippen LogP contribution is -2.30. The van der Waals surface area contributed by atoms with Gasteiger partial charge in [-0.05, 0) is 51.2 Å². The van der Waals surface area contributed by atoms with Gasteiger partial charge >= 0.3 is 6.18 Å². The monoisotopic (exact) mass is 487 g/mol. The number of aryl methyl sites for hydroxylation is 1. The molecule has 7 nitrogen and oxygen atoms in total. The number of halogens is 3. The minimum Gasteiger partial charge on any atom is -0.333 e. The van der Waals surface area contributed by atoms with Crippen molar-refractivity contribution in [1.82, 2.24) is 14.3 Å². The van der Waals surface area contributed by atoms with E-state index < -0.39 is 27.8 Å². The van der Waals surface area contributed by atoms with Crippen molar-refractivity contribution in [3.8, 4) is 0 Å². The average Bonchev–Trinajstić information content (AvgIpc) is 3.19. The Balaban J connectivity index is 0.00000129. The van der Waals surface area contributed by atoms with E-state index in [4.69, 9.17) is 0 Å². The molecule has 1 aromatic heterocycles. The van der Waals surface area contributed by atoms with Crippen LogP contribution in [0.1, 0.15) is 51.5 Å². The Kier molecular flexibility index (Phi) is 10.5. The number of hydrogen-bond acceptors (Lipinski definition) is 5. The molecule has 0 saturated heterocycles. The molecule has 1 aliphatic rings. The Hall–Kier alpha value is -2.50. The van der Waals surface area contributed by atoms with E-state index >= 15 is 0 Å². The molecule has 0 saturated carbocycles. The topological polar surface area (TPSA) is 102 Å². The first kappa shape index (κ1) is 28.5. The zero-order valence-electron chi connectivity index (χ0n) is 19.7. The Morgan fingerprint density at radius 3 is 2.36 bits per heavy atom. The van der Waals surface area contributed by atoms with Crippen LogP contribution in [0.4, 0.5) is 13.2 Å². The predicted molar refractivity (Wildman–Crippen MR) is 128 cm³/mol. The first-order valence-corrected chi connectivity index (χ1v) is 12.1. The minimum absolute atomic E-state index is 0.121. The zero-order chi connectivity index (χ0) is 25.4. The van der Waals surface area contributed by atoms with E-state index in [0.29, 0.717) is 29.8 Å². The maximum Gasteiger partial charge on any atom is 0.416 e. The summed E-state index contributed by atoms with van der Waals surface area (Å²) in [6.07, 6.45) is 0.615. The maximum absolute atomic E-state index is 13.1. The van der Waals surface area contributed by atoms with Crippen LogP contribution in [0.5, 0.6) is 0 Å². The van der Waals surface area contributed by atoms with Gasteiger partial charge in [0.25, 0.3) is 0 Å². The summed E-state index contributed by atoms with van der Waals surface area (Å²) in [5, 5.41) is 0. The highest BCUT2D eigenvalue weighted by atomic mass is 32.2. The second kappa shape index (κ2) is 12.1. The molecule has 11 heteroatoms. The molecule has 184 valence electrons. The number of hydrogen-bond donors (Lipinski definition) is 2. The highest BCUT2D eigenvalue weighted by Crippen LogP contribution is 2.32. The van der Waals surface area contributed by atoms with Gasteiger partial charge in [-0.25, -0.2) is 18.1 Å². The molecule has 0 aliphatic heterocycles. The van der Waals surface area contributed by atoms with E-state index in [1.807, 2.05) is 13.8 Å². The largest absolute Gasteiger partial charge is 0.416 e. The van der Waals surface area contributed by atoms with Crippen LogP contribution in [-0.2, 0) is 22.7 Å². The van der Waals surface area contributed by atoms with E-state index in [2.05, 4.69) is 20.4 Å². The van der Waals surface area contributed by atoms with Gasteiger partial charge in [-0.1, -0.05) is 19.9 Å². The number of fused-ring (bicyclic) bond motifs is 1. The van der Waals surface area contributed by atoms with E-state index in [-0.39, 0.29) is 4.91 Å². The molecule has 3 N–H and O–H groups in total. The molecule has 1 heterocycles. The molecule has 1 aliphatic carbocycles. The predicted octanol–water partition coefficient (Wildman–Crippen LogP) is 4.57. The summed E-state index contributed by atoms with van der Waals surface area (Å²) in [5.74, 6) is 0.349. The summed E-state index contributed by atoms with van der Waals surface area (Å²) in [7, 11) is -0.689. The van der Waals surface area contributed by atoms with E-state index in [1.165, 1.54) is 19.2 Å². The Labute approximate surface area is 193 Å². The summed E-state index contributed by atoms with van der Waals surface area (Å²) >= 11 is 0. The number of aromatic nitrogens is 2. The van der Waals surface area contributed by atoms with Crippen molar-refractivity contribution in [1.29, 1.82) is 0 Å². The molecule has 1 atom stereocenters. The molecular formula is C22H32F3N5O2S. The molecule has 33 heavy (non-hydrogen) atoms. The number of imidazole rings is 1. The fourth-order valence-corrected chi connectivity index (χ4v) is 4.48. The lowest BCUT2D eigenvalue weighted by Gasteiger charge is -2.17. The second-order valence-corrected chi connectivity index (χ2v) is 8.33. The van der Waals surface area contributed by atoms with Crippen LogP contribution >= 0.6 is 0 Å². The first-order valence-electron chi connectivity index (χ1n) is 10.6. The van der Waals surface area contributed by atoms with Crippen LogP contribution < -0.4 is 10.5 Å². The van der Waals surface area contributed by atoms with Gasteiger partial charge in [0.1, 0.15) is 5.82 Å². The van der Waals surface area contributed by atoms with Crippen LogP contribution in [0.15, 0.2) is 46.3 Å². The van der Waals surface area contributed by atoms with Gasteiger partial charge < -0.3 is 10.3 Å². The van der Waals surface area contributed by atoms with Crippen molar-refractivity contribution in [2.45, 2.75) is 52.9 Å². The quantitative estimate of drug-likeness (QED) is 0.645. The van der Waals surface area contributed by atoms with Gasteiger partial charge in [0.05, 0.1) is 27.5 Å². The number of nitrogens with one attached hydrogen (secondary N) is 1. The number of nitrogens with zero attached hydrogens (tertiary/aromatic N) is 3. The van der Waals surface area contributed by atoms with Crippen LogP contribution in [0, 0.1) is 0 Å².